The van der Waals surface area contributed by atoms with E-state index >= 15 is 0 Å². The number of benzene rings is 1. The summed E-state index contributed by atoms with van der Waals surface area (Å²) < 4.78 is 25.5. The molecule has 0 fully saturated rings. The van der Waals surface area contributed by atoms with E-state index in [-0.39, 0.29) is 4.90 Å². The van der Waals surface area contributed by atoms with Gasteiger partial charge in [0.1, 0.15) is 0 Å². The van der Waals surface area contributed by atoms with Crippen molar-refractivity contribution in [3.63, 3.8) is 0 Å². The topological polar surface area (TPSA) is 76.4 Å². The molecule has 0 amide bonds. The van der Waals surface area contributed by atoms with Crippen molar-refractivity contribution >= 4 is 26.7 Å². The number of nitrogens with zero attached hydrogens (tertiary/aromatic N) is 1. The van der Waals surface area contributed by atoms with Crippen LogP contribution >= 0.6 is 0 Å². The number of fused-ring (bicyclic) bond motifs is 1. The third-order valence-corrected chi connectivity index (χ3v) is 5.43. The Morgan fingerprint density at radius 2 is 2.00 bits per heavy atom. The third kappa shape index (κ3) is 2.88. The number of aliphatic carboxylic acids is 1. The normalized spacial score (nSPS) is 13.5. The van der Waals surface area contributed by atoms with Gasteiger partial charge >= 0.3 is 5.97 Å². The Morgan fingerprint density at radius 3 is 2.50 bits per heavy atom. The fraction of sp³-hybridized carbons (Fsp3) is 0.438. The van der Waals surface area contributed by atoms with E-state index < -0.39 is 21.7 Å². The Kier molecular flexibility index (Phi) is 4.33. The number of hydrogen-bond acceptors (Lipinski definition) is 3. The second kappa shape index (κ2) is 5.76. The van der Waals surface area contributed by atoms with Gasteiger partial charge in [0.05, 0.1) is 10.8 Å². The molecule has 0 aliphatic carbocycles. The van der Waals surface area contributed by atoms with Crippen LogP contribution in [0.5, 0.6) is 0 Å². The zero-order valence-electron chi connectivity index (χ0n) is 13.3. The highest BCUT2D eigenvalue weighted by atomic mass is 32.2. The van der Waals surface area contributed by atoms with Crippen LogP contribution in [0, 0.1) is 12.8 Å². The second-order valence-electron chi connectivity index (χ2n) is 5.72. The summed E-state index contributed by atoms with van der Waals surface area (Å²) in [5, 5.41) is 10.1. The lowest BCUT2D eigenvalue weighted by molar-refractivity contribution is -0.141. The van der Waals surface area contributed by atoms with E-state index in [1.807, 2.05) is 25.5 Å². The molecule has 1 unspecified atom stereocenters. The zero-order valence-corrected chi connectivity index (χ0v) is 14.1. The number of hydrogen-bond donors (Lipinski definition) is 1. The molecule has 2 rings (SSSR count). The number of carboxylic acid groups (broad SMARTS) is 1. The lowest BCUT2D eigenvalue weighted by atomic mass is 9.95. The Bertz CT molecular complexity index is 833. The van der Waals surface area contributed by atoms with Crippen LogP contribution in [0.15, 0.2) is 23.1 Å². The zero-order chi connectivity index (χ0) is 16.7. The molecule has 6 heteroatoms. The molecule has 120 valence electrons. The van der Waals surface area contributed by atoms with Crippen molar-refractivity contribution in [1.82, 2.24) is 4.57 Å². The maximum atomic E-state index is 11.8. The van der Waals surface area contributed by atoms with Crippen molar-refractivity contribution in [2.24, 2.45) is 13.0 Å². The van der Waals surface area contributed by atoms with E-state index in [1.54, 1.807) is 18.2 Å². The van der Waals surface area contributed by atoms with Crippen molar-refractivity contribution in [2.75, 3.05) is 6.26 Å². The van der Waals surface area contributed by atoms with E-state index in [4.69, 9.17) is 0 Å². The van der Waals surface area contributed by atoms with E-state index in [2.05, 4.69) is 0 Å². The highest BCUT2D eigenvalue weighted by molar-refractivity contribution is 7.90. The summed E-state index contributed by atoms with van der Waals surface area (Å²) in [5.74, 6) is -1.29. The number of rotatable bonds is 5. The number of aromatic nitrogens is 1. The predicted octanol–water partition coefficient (Wildman–Crippen LogP) is 2.54. The van der Waals surface area contributed by atoms with Gasteiger partial charge in [0.15, 0.2) is 9.84 Å². The first-order valence-electron chi connectivity index (χ1n) is 7.17. The van der Waals surface area contributed by atoms with Crippen LogP contribution in [0.4, 0.5) is 0 Å². The number of carbonyl (C=O) groups is 1. The lowest BCUT2D eigenvalue weighted by Gasteiger charge is -2.10. The average Bonchev–Trinajstić information content (AvgIpc) is 2.67. The molecule has 1 aromatic carbocycles. The molecule has 0 radical (unpaired) electrons. The standard InChI is InChI=1S/C16H21NO4S/c1-5-11(16(18)19)8-13-10(2)17(3)15-7-6-12(9-14(13)15)22(4,20)21/h6-7,9,11H,5,8H2,1-4H3,(H,18,19). The lowest BCUT2D eigenvalue weighted by Crippen LogP contribution is -2.15. The van der Waals surface area contributed by atoms with Crippen molar-refractivity contribution in [3.05, 3.63) is 29.5 Å². The molecular weight excluding hydrogens is 302 g/mol. The van der Waals surface area contributed by atoms with Gasteiger partial charge in [0.25, 0.3) is 0 Å². The highest BCUT2D eigenvalue weighted by Gasteiger charge is 2.21. The first-order chi connectivity index (χ1) is 10.2. The van der Waals surface area contributed by atoms with Crippen LogP contribution in [0.2, 0.25) is 0 Å². The van der Waals surface area contributed by atoms with Gasteiger partial charge in [-0.3, -0.25) is 4.79 Å². The van der Waals surface area contributed by atoms with Crippen LogP contribution in [0.25, 0.3) is 10.9 Å². The fourth-order valence-electron chi connectivity index (χ4n) is 2.77. The van der Waals surface area contributed by atoms with Crippen LogP contribution in [0.3, 0.4) is 0 Å². The Morgan fingerprint density at radius 1 is 1.36 bits per heavy atom. The Balaban J connectivity index is 2.66. The molecule has 0 saturated carbocycles. The summed E-state index contributed by atoms with van der Waals surface area (Å²) >= 11 is 0. The van der Waals surface area contributed by atoms with Gasteiger partial charge in [-0.1, -0.05) is 6.92 Å². The molecule has 5 nitrogen and oxygen atoms in total. The molecular formula is C16H21NO4S. The number of carboxylic acids is 1. The predicted molar refractivity (Wildman–Crippen MR) is 85.9 cm³/mol. The average molecular weight is 323 g/mol. The van der Waals surface area contributed by atoms with E-state index in [0.29, 0.717) is 12.8 Å². The van der Waals surface area contributed by atoms with Gasteiger partial charge in [-0.15, -0.1) is 0 Å². The van der Waals surface area contributed by atoms with Crippen LogP contribution in [-0.2, 0) is 28.1 Å². The summed E-state index contributed by atoms with van der Waals surface area (Å²) in [6.45, 7) is 3.78. The van der Waals surface area contributed by atoms with Gasteiger partial charge in [0.2, 0.25) is 0 Å². The van der Waals surface area contributed by atoms with E-state index in [0.717, 1.165) is 22.2 Å². The molecule has 0 aliphatic rings. The molecule has 1 N–H and O–H groups in total. The minimum atomic E-state index is -3.29. The number of sulfone groups is 1. The first kappa shape index (κ1) is 16.5. The Labute approximate surface area is 130 Å². The fourth-order valence-corrected chi connectivity index (χ4v) is 3.42. The minimum Gasteiger partial charge on any atom is -0.481 e. The summed E-state index contributed by atoms with van der Waals surface area (Å²) in [5.41, 5.74) is 2.80. The van der Waals surface area contributed by atoms with Crippen LogP contribution < -0.4 is 0 Å². The maximum Gasteiger partial charge on any atom is 0.306 e. The molecule has 0 spiro atoms. The highest BCUT2D eigenvalue weighted by Crippen LogP contribution is 2.30. The van der Waals surface area contributed by atoms with Crippen LogP contribution in [-0.4, -0.2) is 30.3 Å². The summed E-state index contributed by atoms with van der Waals surface area (Å²) in [4.78, 5) is 11.6. The summed E-state index contributed by atoms with van der Waals surface area (Å²) in [6.07, 6.45) is 2.12. The molecule has 0 aliphatic heterocycles. The monoisotopic (exact) mass is 323 g/mol. The van der Waals surface area contributed by atoms with Crippen molar-refractivity contribution in [2.45, 2.75) is 31.6 Å². The van der Waals surface area contributed by atoms with Crippen molar-refractivity contribution in [3.8, 4) is 0 Å². The third-order valence-electron chi connectivity index (χ3n) is 4.32. The van der Waals surface area contributed by atoms with Gasteiger partial charge in [-0.25, -0.2) is 8.42 Å². The van der Waals surface area contributed by atoms with Gasteiger partial charge in [-0.2, -0.15) is 0 Å². The van der Waals surface area contributed by atoms with Gasteiger partial charge in [-0.05, 0) is 43.5 Å². The molecule has 2 aromatic rings. The molecule has 0 saturated heterocycles. The van der Waals surface area contributed by atoms with Gasteiger partial charge < -0.3 is 9.67 Å². The molecule has 1 heterocycles. The van der Waals surface area contributed by atoms with Crippen molar-refractivity contribution in [1.29, 1.82) is 0 Å². The van der Waals surface area contributed by atoms with E-state index in [1.165, 1.54) is 6.26 Å². The number of aryl methyl sites for hydroxylation is 1. The summed E-state index contributed by atoms with van der Waals surface area (Å²) in [6, 6.07) is 5.03. The Hall–Kier alpha value is -1.82. The molecule has 0 bridgehead atoms. The summed E-state index contributed by atoms with van der Waals surface area (Å²) in [7, 11) is -1.38. The molecule has 1 atom stereocenters. The molecule has 22 heavy (non-hydrogen) atoms. The SMILES string of the molecule is CCC(Cc1c(C)n(C)c2ccc(S(C)(=O)=O)cc12)C(=O)O. The van der Waals surface area contributed by atoms with Crippen LogP contribution in [0.1, 0.15) is 24.6 Å². The first-order valence-corrected chi connectivity index (χ1v) is 9.06. The minimum absolute atomic E-state index is 0.259. The smallest absolute Gasteiger partial charge is 0.306 e. The van der Waals surface area contributed by atoms with E-state index in [9.17, 15) is 18.3 Å². The quantitative estimate of drug-likeness (QED) is 0.917. The molecule has 1 aromatic heterocycles. The van der Waals surface area contributed by atoms with Crippen molar-refractivity contribution < 1.29 is 18.3 Å². The van der Waals surface area contributed by atoms with Gasteiger partial charge in [0, 0.05) is 29.9 Å². The second-order valence-corrected chi connectivity index (χ2v) is 7.74. The largest absolute Gasteiger partial charge is 0.481 e. The maximum absolute atomic E-state index is 11.8.